The van der Waals surface area contributed by atoms with Gasteiger partial charge in [-0.2, -0.15) is 5.10 Å². The number of carbonyl (C=O) groups is 5. The van der Waals surface area contributed by atoms with E-state index in [1.807, 2.05) is 17.0 Å². The molecular weight excluding hydrogens is 1040 g/mol. The van der Waals surface area contributed by atoms with Gasteiger partial charge in [-0.25, -0.2) is 22.7 Å². The molecule has 0 spiro atoms. The third-order valence-corrected chi connectivity index (χ3v) is 17.8. The zero-order chi connectivity index (χ0) is 56.6. The van der Waals surface area contributed by atoms with Crippen molar-refractivity contribution in [1.29, 1.82) is 0 Å². The van der Waals surface area contributed by atoms with Crippen LogP contribution in [0, 0.1) is 41.0 Å². The molecule has 5 heterocycles. The van der Waals surface area contributed by atoms with Crippen molar-refractivity contribution in [3.8, 4) is 0 Å². The number of carbonyl (C=O) groups excluding carboxylic acids is 5. The highest BCUT2D eigenvalue weighted by atomic mass is 19.1. The molecule has 10 rings (SSSR count). The molecule has 1 aliphatic carbocycles. The number of H-pyrrole nitrogens is 1. The Kier molecular flexibility index (Phi) is 18.6. The van der Waals surface area contributed by atoms with Crippen LogP contribution < -0.4 is 16.2 Å². The largest absolute Gasteiger partial charge is 0.341 e. The number of rotatable bonds is 16. The highest BCUT2D eigenvalue weighted by molar-refractivity contribution is 5.98. The summed E-state index contributed by atoms with van der Waals surface area (Å²) in [5, 5.41) is 13.9. The summed E-state index contributed by atoms with van der Waals surface area (Å²) in [6.45, 7) is 5.09. The Morgan fingerprint density at radius 2 is 1.36 bits per heavy atom. The Morgan fingerprint density at radius 1 is 0.642 bits per heavy atom. The normalized spacial score (nSPS) is 19.4. The second-order valence-electron chi connectivity index (χ2n) is 23.0. The van der Waals surface area contributed by atoms with Gasteiger partial charge in [-0.1, -0.05) is 61.7 Å². The molecule has 81 heavy (non-hydrogen) atoms. The van der Waals surface area contributed by atoms with Crippen molar-refractivity contribution in [2.45, 2.75) is 102 Å². The summed E-state index contributed by atoms with van der Waals surface area (Å²) >= 11 is 0. The third kappa shape index (κ3) is 13.9. The summed E-state index contributed by atoms with van der Waals surface area (Å²) in [4.78, 5) is 90.4. The number of fused-ring (bicyclic) bond motifs is 1. The summed E-state index contributed by atoms with van der Waals surface area (Å²) in [5.74, 6) is -3.48. The highest BCUT2D eigenvalue weighted by Gasteiger charge is 2.38. The number of hydrogen-bond donors (Lipinski definition) is 3. The van der Waals surface area contributed by atoms with Crippen LogP contribution in [0.1, 0.15) is 126 Å². The van der Waals surface area contributed by atoms with E-state index < -0.39 is 41.1 Å². The molecule has 5 aromatic rings. The number of piperidine rings is 3. The first-order valence-corrected chi connectivity index (χ1v) is 29.1. The van der Waals surface area contributed by atoms with Crippen LogP contribution in [0.3, 0.4) is 0 Å². The Morgan fingerprint density at radius 3 is 2.10 bits per heavy atom. The van der Waals surface area contributed by atoms with E-state index in [1.54, 1.807) is 51.1 Å². The first kappa shape index (κ1) is 57.3. The van der Waals surface area contributed by atoms with Crippen LogP contribution in [0.5, 0.6) is 0 Å². The lowest BCUT2D eigenvalue weighted by Crippen LogP contribution is -2.54. The smallest absolute Gasteiger partial charge is 0.272 e. The van der Waals surface area contributed by atoms with E-state index in [9.17, 15) is 37.5 Å². The maximum Gasteiger partial charge on any atom is 0.272 e. The van der Waals surface area contributed by atoms with Gasteiger partial charge in [0.15, 0.2) is 0 Å². The number of piperazine rings is 1. The van der Waals surface area contributed by atoms with Crippen molar-refractivity contribution in [2.24, 2.45) is 17.8 Å². The first-order chi connectivity index (χ1) is 39.3. The predicted octanol–water partition coefficient (Wildman–Crippen LogP) is 7.57. The number of likely N-dealkylation sites (tertiary alicyclic amines) is 3. The van der Waals surface area contributed by atoms with Crippen molar-refractivity contribution in [3.05, 3.63) is 146 Å². The standard InChI is InChI=1S/C62H73F4N9O6/c63-46-17-16-44(53(65)35-46)36-67-37-55(76)75-23-7-10-45(38-75)47-13-6-14-50(57(47)66)59(78)68-58(43-8-2-1-3-9-43)62(81)73-26-21-41(22-27-73)32-40-19-24-71(25-20-40)39-56(77)72-28-30-74(31-29-72)61(80)51-33-42(15-18-52(51)64)34-54-48-11-4-5-12-49(48)60(79)70-69-54/h4-6,11-18,33,35,40-41,43,45,58,67H,1-3,7-10,19-32,34,36-39H2,(H,68,78)(H,70,79). The highest BCUT2D eigenvalue weighted by Crippen LogP contribution is 2.34. The van der Waals surface area contributed by atoms with Crippen LogP contribution in [0.15, 0.2) is 83.7 Å². The molecule has 0 bridgehead atoms. The number of aromatic nitrogens is 2. The van der Waals surface area contributed by atoms with E-state index in [2.05, 4.69) is 25.7 Å². The molecule has 2 atom stereocenters. The van der Waals surface area contributed by atoms with Gasteiger partial charge in [-0.3, -0.25) is 33.7 Å². The molecule has 5 fully saturated rings. The van der Waals surface area contributed by atoms with Crippen molar-refractivity contribution in [1.82, 2.24) is 45.3 Å². The van der Waals surface area contributed by atoms with E-state index in [0.29, 0.717) is 111 Å². The van der Waals surface area contributed by atoms with Crippen LogP contribution in [-0.2, 0) is 27.3 Å². The van der Waals surface area contributed by atoms with E-state index in [0.717, 1.165) is 89.4 Å². The Hall–Kier alpha value is -6.99. The number of hydrogen-bond acceptors (Lipinski definition) is 9. The second kappa shape index (κ2) is 26.3. The Balaban J connectivity index is 0.659. The number of amides is 5. The van der Waals surface area contributed by atoms with Gasteiger partial charge in [-0.05, 0) is 130 Å². The first-order valence-electron chi connectivity index (χ1n) is 29.1. The van der Waals surface area contributed by atoms with Crippen molar-refractivity contribution < 1.29 is 41.5 Å². The minimum Gasteiger partial charge on any atom is -0.341 e. The Bertz CT molecular complexity index is 3150. The molecule has 0 radical (unpaired) electrons. The summed E-state index contributed by atoms with van der Waals surface area (Å²) in [5.41, 5.74) is 1.42. The van der Waals surface area contributed by atoms with E-state index in [4.69, 9.17) is 0 Å². The number of nitrogens with one attached hydrogen (secondary N) is 3. The SMILES string of the molecule is O=C(NC(C(=O)N1CCC(CC2CCN(CC(=O)N3CCN(C(=O)c4cc(Cc5n[nH]c(=O)c6ccccc56)ccc4F)CC3)CC2)CC1)C1CCCCC1)c1cccc(C2CCCN(C(=O)CNCc3ccc(F)cc3F)C2)c1F. The second-order valence-corrected chi connectivity index (χ2v) is 23.0. The maximum absolute atomic E-state index is 16.5. The van der Waals surface area contributed by atoms with Gasteiger partial charge in [0.2, 0.25) is 17.7 Å². The maximum atomic E-state index is 16.5. The van der Waals surface area contributed by atoms with Crippen molar-refractivity contribution in [2.75, 3.05) is 78.5 Å². The lowest BCUT2D eigenvalue weighted by Gasteiger charge is -2.39. The molecule has 4 aromatic carbocycles. The van der Waals surface area contributed by atoms with Crippen LogP contribution in [-0.4, -0.2) is 149 Å². The predicted molar refractivity (Wildman–Crippen MR) is 298 cm³/mol. The summed E-state index contributed by atoms with van der Waals surface area (Å²) in [6, 6.07) is 18.9. The summed E-state index contributed by atoms with van der Waals surface area (Å²) < 4.78 is 59.2. The van der Waals surface area contributed by atoms with Crippen LogP contribution in [0.25, 0.3) is 10.8 Å². The molecule has 15 nitrogen and oxygen atoms in total. The molecule has 4 saturated heterocycles. The molecule has 1 saturated carbocycles. The Labute approximate surface area is 469 Å². The molecule has 5 aliphatic rings. The van der Waals surface area contributed by atoms with Gasteiger partial charge in [-0.15, -0.1) is 0 Å². The van der Waals surface area contributed by atoms with E-state index in [1.165, 1.54) is 18.2 Å². The third-order valence-electron chi connectivity index (χ3n) is 17.8. The summed E-state index contributed by atoms with van der Waals surface area (Å²) in [7, 11) is 0. The molecule has 2 unspecified atom stereocenters. The van der Waals surface area contributed by atoms with Crippen LogP contribution in [0.4, 0.5) is 17.6 Å². The average Bonchev–Trinajstić information content (AvgIpc) is 3.54. The molecule has 19 heteroatoms. The lowest BCUT2D eigenvalue weighted by molar-refractivity contribution is -0.137. The lowest BCUT2D eigenvalue weighted by atomic mass is 9.81. The zero-order valence-corrected chi connectivity index (χ0v) is 45.9. The van der Waals surface area contributed by atoms with Crippen molar-refractivity contribution >= 4 is 40.3 Å². The number of benzene rings is 4. The van der Waals surface area contributed by atoms with Crippen molar-refractivity contribution in [3.63, 3.8) is 0 Å². The minimum atomic E-state index is -0.774. The number of aromatic amines is 1. The van der Waals surface area contributed by atoms with Crippen LogP contribution >= 0.6 is 0 Å². The quantitative estimate of drug-likeness (QED) is 0.0844. The van der Waals surface area contributed by atoms with Gasteiger partial charge in [0.25, 0.3) is 17.4 Å². The van der Waals surface area contributed by atoms with E-state index >= 15 is 8.78 Å². The van der Waals surface area contributed by atoms with Gasteiger partial charge in [0.1, 0.15) is 29.3 Å². The van der Waals surface area contributed by atoms with Crippen LogP contribution in [0.2, 0.25) is 0 Å². The van der Waals surface area contributed by atoms with Gasteiger partial charge >= 0.3 is 0 Å². The zero-order valence-electron chi connectivity index (χ0n) is 45.9. The average molecular weight is 1120 g/mol. The molecule has 4 aliphatic heterocycles. The molecule has 430 valence electrons. The van der Waals surface area contributed by atoms with Gasteiger partial charge in [0.05, 0.1) is 35.3 Å². The molecule has 5 amide bonds. The number of nitrogens with zero attached hydrogens (tertiary/aromatic N) is 6. The fourth-order valence-corrected chi connectivity index (χ4v) is 13.1. The molecule has 1 aromatic heterocycles. The fourth-order valence-electron chi connectivity index (χ4n) is 13.1. The topological polar surface area (TPSA) is 171 Å². The number of halogens is 4. The monoisotopic (exact) mass is 1120 g/mol. The minimum absolute atomic E-state index is 0.0152. The molecule has 3 N–H and O–H groups in total. The fraction of sp³-hybridized carbons (Fsp3) is 0.500. The summed E-state index contributed by atoms with van der Waals surface area (Å²) in [6.07, 6.45) is 10.8. The van der Waals surface area contributed by atoms with Gasteiger partial charge < -0.3 is 30.2 Å². The van der Waals surface area contributed by atoms with E-state index in [-0.39, 0.29) is 71.4 Å². The molecular formula is C62H73F4N9O6. The van der Waals surface area contributed by atoms with Gasteiger partial charge in [0, 0.05) is 88.3 Å².